The van der Waals surface area contributed by atoms with Crippen LogP contribution in [-0.2, 0) is 4.79 Å². The molecule has 0 aliphatic carbocycles. The number of anilines is 1. The molecular weight excluding hydrogens is 352 g/mol. The van der Waals surface area contributed by atoms with E-state index in [1.807, 2.05) is 54.6 Å². The molecule has 7 heteroatoms. The van der Waals surface area contributed by atoms with Crippen molar-refractivity contribution in [2.45, 2.75) is 6.04 Å². The molecule has 1 saturated heterocycles. The van der Waals surface area contributed by atoms with Crippen LogP contribution in [0.1, 0.15) is 11.6 Å². The Hall–Kier alpha value is -2.57. The minimum absolute atomic E-state index is 0.408. The number of nitrogens with zero attached hydrogens (tertiary/aromatic N) is 2. The Morgan fingerprint density at radius 2 is 1.58 bits per heavy atom. The van der Waals surface area contributed by atoms with E-state index >= 15 is 0 Å². The molecule has 1 fully saturated rings. The number of para-hydroxylation sites is 1. The zero-order valence-corrected chi connectivity index (χ0v) is 15.0. The van der Waals surface area contributed by atoms with Crippen LogP contribution in [-0.4, -0.2) is 43.0 Å². The largest absolute Gasteiger partial charge is 0.368 e. The van der Waals surface area contributed by atoms with E-state index in [2.05, 4.69) is 15.1 Å². The molecule has 3 rings (SSSR count). The van der Waals surface area contributed by atoms with Crippen LogP contribution < -0.4 is 16.0 Å². The van der Waals surface area contributed by atoms with E-state index in [-0.39, 0.29) is 0 Å². The minimum Gasteiger partial charge on any atom is -0.368 e. The minimum atomic E-state index is -0.842. The fraction of sp³-hybridized carbons (Fsp3) is 0.263. The van der Waals surface area contributed by atoms with Crippen LogP contribution in [0.15, 0.2) is 54.6 Å². The summed E-state index contributed by atoms with van der Waals surface area (Å²) in [6, 6.07) is 15.7. The van der Waals surface area contributed by atoms with Gasteiger partial charge in [0.2, 0.25) is 5.91 Å². The number of nitrogens with one attached hydrogen (secondary N) is 1. The van der Waals surface area contributed by atoms with Gasteiger partial charge in [0, 0.05) is 26.2 Å². The summed E-state index contributed by atoms with van der Waals surface area (Å²) in [4.78, 5) is 28.0. The molecule has 3 amide bonds. The number of piperazine rings is 1. The number of rotatable bonds is 4. The van der Waals surface area contributed by atoms with Crippen molar-refractivity contribution >= 4 is 29.2 Å². The maximum absolute atomic E-state index is 12.6. The third-order valence-electron chi connectivity index (χ3n) is 4.48. The van der Waals surface area contributed by atoms with Gasteiger partial charge in [-0.3, -0.25) is 15.0 Å². The summed E-state index contributed by atoms with van der Waals surface area (Å²) in [7, 11) is 0. The van der Waals surface area contributed by atoms with Gasteiger partial charge in [-0.25, -0.2) is 4.79 Å². The molecule has 1 aliphatic rings. The second kappa shape index (κ2) is 8.21. The summed E-state index contributed by atoms with van der Waals surface area (Å²) in [5.41, 5.74) is 6.96. The lowest BCUT2D eigenvalue weighted by atomic mass is 10.0. The zero-order chi connectivity index (χ0) is 18.5. The van der Waals surface area contributed by atoms with Gasteiger partial charge in [0.05, 0.1) is 10.7 Å². The maximum Gasteiger partial charge on any atom is 0.318 e. The van der Waals surface area contributed by atoms with Gasteiger partial charge in [-0.05, 0) is 17.7 Å². The molecule has 0 unspecified atom stereocenters. The molecule has 2 aromatic rings. The number of nitrogens with two attached hydrogens (primary N) is 1. The summed E-state index contributed by atoms with van der Waals surface area (Å²) < 4.78 is 0. The Morgan fingerprint density at radius 1 is 0.962 bits per heavy atom. The van der Waals surface area contributed by atoms with Crippen LogP contribution in [0.2, 0.25) is 5.02 Å². The van der Waals surface area contributed by atoms with Crippen molar-refractivity contribution in [1.82, 2.24) is 10.2 Å². The van der Waals surface area contributed by atoms with Crippen molar-refractivity contribution in [2.75, 3.05) is 31.1 Å². The fourth-order valence-corrected chi connectivity index (χ4v) is 3.54. The van der Waals surface area contributed by atoms with Gasteiger partial charge < -0.3 is 10.6 Å². The van der Waals surface area contributed by atoms with E-state index in [1.54, 1.807) is 0 Å². The molecule has 3 N–H and O–H groups in total. The average Bonchev–Trinajstić information content (AvgIpc) is 2.63. The number of hydrogen-bond acceptors (Lipinski definition) is 4. The van der Waals surface area contributed by atoms with Gasteiger partial charge in [0.25, 0.3) is 0 Å². The van der Waals surface area contributed by atoms with Crippen molar-refractivity contribution < 1.29 is 9.59 Å². The highest BCUT2D eigenvalue weighted by molar-refractivity contribution is 6.33. The van der Waals surface area contributed by atoms with Crippen molar-refractivity contribution in [3.63, 3.8) is 0 Å². The summed E-state index contributed by atoms with van der Waals surface area (Å²) in [6.07, 6.45) is 0. The highest BCUT2D eigenvalue weighted by Gasteiger charge is 2.31. The van der Waals surface area contributed by atoms with Crippen LogP contribution >= 0.6 is 11.6 Å². The smallest absolute Gasteiger partial charge is 0.318 e. The van der Waals surface area contributed by atoms with Crippen molar-refractivity contribution in [3.8, 4) is 0 Å². The quantitative estimate of drug-likeness (QED) is 0.863. The van der Waals surface area contributed by atoms with Crippen molar-refractivity contribution in [2.24, 2.45) is 5.73 Å². The first-order valence-electron chi connectivity index (χ1n) is 8.45. The molecule has 26 heavy (non-hydrogen) atoms. The van der Waals surface area contributed by atoms with Crippen LogP contribution in [0.4, 0.5) is 10.5 Å². The van der Waals surface area contributed by atoms with Gasteiger partial charge in [-0.1, -0.05) is 54.1 Å². The predicted octanol–water partition coefficient (Wildman–Crippen LogP) is 2.40. The van der Waals surface area contributed by atoms with Gasteiger partial charge in [-0.15, -0.1) is 0 Å². The van der Waals surface area contributed by atoms with E-state index in [4.69, 9.17) is 17.3 Å². The monoisotopic (exact) mass is 372 g/mol. The predicted molar refractivity (Wildman–Crippen MR) is 102 cm³/mol. The molecule has 2 aromatic carbocycles. The fourth-order valence-electron chi connectivity index (χ4n) is 3.28. The second-order valence-electron chi connectivity index (χ2n) is 6.14. The first kappa shape index (κ1) is 18.2. The Bertz CT molecular complexity index is 776. The van der Waals surface area contributed by atoms with Gasteiger partial charge in [-0.2, -0.15) is 0 Å². The number of hydrogen-bond donors (Lipinski definition) is 2. The Balaban J connectivity index is 1.76. The number of amides is 3. The number of carbonyl (C=O) groups is 2. The zero-order valence-electron chi connectivity index (χ0n) is 14.3. The summed E-state index contributed by atoms with van der Waals surface area (Å²) >= 11 is 6.29. The summed E-state index contributed by atoms with van der Waals surface area (Å²) in [6.45, 7) is 2.79. The highest BCUT2D eigenvalue weighted by atomic mass is 35.5. The first-order valence-corrected chi connectivity index (χ1v) is 8.83. The van der Waals surface area contributed by atoms with Gasteiger partial charge in [0.1, 0.15) is 6.04 Å². The molecule has 1 aliphatic heterocycles. The van der Waals surface area contributed by atoms with Crippen LogP contribution in [0.5, 0.6) is 0 Å². The number of imide groups is 1. The molecular formula is C19H21ClN4O2. The van der Waals surface area contributed by atoms with Gasteiger partial charge >= 0.3 is 6.03 Å². The topological polar surface area (TPSA) is 78.7 Å². The normalized spacial score (nSPS) is 16.1. The first-order chi connectivity index (χ1) is 12.6. The Labute approximate surface area is 157 Å². The van der Waals surface area contributed by atoms with E-state index < -0.39 is 18.0 Å². The average molecular weight is 373 g/mol. The van der Waals surface area contributed by atoms with Crippen LogP contribution in [0.3, 0.4) is 0 Å². The molecule has 1 atom stereocenters. The van der Waals surface area contributed by atoms with E-state index in [9.17, 15) is 9.59 Å². The van der Waals surface area contributed by atoms with Crippen LogP contribution in [0.25, 0.3) is 0 Å². The second-order valence-corrected chi connectivity index (χ2v) is 6.55. The standard InChI is InChI=1S/C19H21ClN4O2/c20-15-8-4-5-9-16(15)23-10-12-24(13-11-23)17(18(25)22-19(21)26)14-6-2-1-3-7-14/h1-9,17H,10-13H2,(H3,21,22,25,26)/t17-/m1/s1. The third kappa shape index (κ3) is 4.15. The van der Waals surface area contributed by atoms with Crippen molar-refractivity contribution in [3.05, 3.63) is 65.2 Å². The SMILES string of the molecule is NC(=O)NC(=O)[C@@H](c1ccccc1)N1CCN(c2ccccc2Cl)CC1. The third-order valence-corrected chi connectivity index (χ3v) is 4.80. The van der Waals surface area contributed by atoms with E-state index in [0.717, 1.165) is 24.3 Å². The molecule has 0 aromatic heterocycles. The molecule has 0 bridgehead atoms. The maximum atomic E-state index is 12.6. The lowest BCUT2D eigenvalue weighted by molar-refractivity contribution is -0.125. The number of carbonyl (C=O) groups excluding carboxylic acids is 2. The highest BCUT2D eigenvalue weighted by Crippen LogP contribution is 2.28. The number of primary amides is 1. The molecule has 136 valence electrons. The lowest BCUT2D eigenvalue weighted by Gasteiger charge is -2.39. The van der Waals surface area contributed by atoms with Gasteiger partial charge in [0.15, 0.2) is 0 Å². The molecule has 6 nitrogen and oxygen atoms in total. The van der Waals surface area contributed by atoms with E-state index in [0.29, 0.717) is 18.1 Å². The summed E-state index contributed by atoms with van der Waals surface area (Å²) in [5, 5.41) is 2.93. The Morgan fingerprint density at radius 3 is 2.19 bits per heavy atom. The van der Waals surface area contributed by atoms with Crippen molar-refractivity contribution in [1.29, 1.82) is 0 Å². The number of urea groups is 1. The summed E-state index contributed by atoms with van der Waals surface area (Å²) in [5.74, 6) is -0.408. The lowest BCUT2D eigenvalue weighted by Crippen LogP contribution is -2.52. The molecule has 0 spiro atoms. The van der Waals surface area contributed by atoms with E-state index in [1.165, 1.54) is 0 Å². The number of halogens is 1. The molecule has 0 saturated carbocycles. The molecule has 1 heterocycles. The number of benzene rings is 2. The van der Waals surface area contributed by atoms with Crippen LogP contribution in [0, 0.1) is 0 Å². The Kier molecular flexibility index (Phi) is 5.75. The molecule has 0 radical (unpaired) electrons.